The van der Waals surface area contributed by atoms with Crippen LogP contribution in [0, 0.1) is 6.92 Å². The van der Waals surface area contributed by atoms with E-state index >= 15 is 0 Å². The molecule has 1 aromatic rings. The number of nitrogens with zero attached hydrogens (tertiary/aromatic N) is 1. The molecule has 1 fully saturated rings. The predicted octanol–water partition coefficient (Wildman–Crippen LogP) is 4.28. The molecule has 2 nitrogen and oxygen atoms in total. The Labute approximate surface area is 130 Å². The minimum Gasteiger partial charge on any atom is -0.360 e. The van der Waals surface area contributed by atoms with Crippen LogP contribution in [0.4, 0.5) is 13.2 Å². The predicted molar refractivity (Wildman–Crippen MR) is 80.8 cm³/mol. The Hall–Kier alpha value is -1.07. The third kappa shape index (κ3) is 4.02. The minimum atomic E-state index is -4.44. The second-order valence-corrected chi connectivity index (χ2v) is 6.15. The number of aryl methyl sites for hydroxylation is 1. The molecule has 0 bridgehead atoms. The molecule has 124 valence electrons. The van der Waals surface area contributed by atoms with Crippen molar-refractivity contribution >= 4 is 0 Å². The number of benzene rings is 1. The van der Waals surface area contributed by atoms with Crippen LogP contribution in [0.25, 0.3) is 0 Å². The van der Waals surface area contributed by atoms with E-state index in [4.69, 9.17) is 4.74 Å². The first-order chi connectivity index (χ1) is 10.3. The van der Waals surface area contributed by atoms with Crippen LogP contribution in [0.2, 0.25) is 0 Å². The summed E-state index contributed by atoms with van der Waals surface area (Å²) in [5.74, 6) is 0. The van der Waals surface area contributed by atoms with Gasteiger partial charge in [0.15, 0.2) is 5.60 Å². The number of likely N-dealkylation sites (tertiary alicyclic amines) is 1. The summed E-state index contributed by atoms with van der Waals surface area (Å²) in [4.78, 5) is 2.18. The standard InChI is InChI=1S/C17H24F3NO/c1-14-6-8-15(9-7-14)16(2,17(18,19)20)22-13-12-21-10-4-3-5-11-21/h6-9H,3-5,10-13H2,1-2H3. The van der Waals surface area contributed by atoms with Crippen molar-refractivity contribution < 1.29 is 17.9 Å². The Morgan fingerprint density at radius 2 is 1.64 bits per heavy atom. The Bertz CT molecular complexity index is 466. The van der Waals surface area contributed by atoms with Crippen LogP contribution >= 0.6 is 0 Å². The lowest BCUT2D eigenvalue weighted by Crippen LogP contribution is -2.44. The van der Waals surface area contributed by atoms with Gasteiger partial charge in [-0.05, 0) is 45.3 Å². The molecule has 0 amide bonds. The zero-order chi connectivity index (χ0) is 16.2. The van der Waals surface area contributed by atoms with Crippen molar-refractivity contribution in [3.8, 4) is 0 Å². The highest BCUT2D eigenvalue weighted by Crippen LogP contribution is 2.41. The molecule has 0 N–H and O–H groups in total. The molecule has 1 aliphatic rings. The van der Waals surface area contributed by atoms with Gasteiger partial charge in [-0.2, -0.15) is 13.2 Å². The lowest BCUT2D eigenvalue weighted by molar-refractivity contribution is -0.278. The first-order valence-corrected chi connectivity index (χ1v) is 7.83. The van der Waals surface area contributed by atoms with Crippen molar-refractivity contribution in [2.75, 3.05) is 26.2 Å². The molecule has 1 aliphatic heterocycles. The summed E-state index contributed by atoms with van der Waals surface area (Å²) >= 11 is 0. The van der Waals surface area contributed by atoms with Crippen LogP contribution < -0.4 is 0 Å². The van der Waals surface area contributed by atoms with E-state index in [0.717, 1.165) is 38.4 Å². The number of hydrogen-bond donors (Lipinski definition) is 0. The van der Waals surface area contributed by atoms with Crippen molar-refractivity contribution in [3.05, 3.63) is 35.4 Å². The maximum absolute atomic E-state index is 13.5. The Morgan fingerprint density at radius 1 is 1.05 bits per heavy atom. The van der Waals surface area contributed by atoms with Crippen molar-refractivity contribution in [1.29, 1.82) is 0 Å². The maximum atomic E-state index is 13.5. The fraction of sp³-hybridized carbons (Fsp3) is 0.647. The molecular formula is C17H24F3NO. The second-order valence-electron chi connectivity index (χ2n) is 6.15. The van der Waals surface area contributed by atoms with Crippen LogP contribution in [-0.4, -0.2) is 37.3 Å². The lowest BCUT2D eigenvalue weighted by Gasteiger charge is -2.34. The number of piperidine rings is 1. The molecule has 0 radical (unpaired) electrons. The van der Waals surface area contributed by atoms with Gasteiger partial charge in [-0.1, -0.05) is 36.2 Å². The van der Waals surface area contributed by atoms with E-state index in [1.165, 1.54) is 18.6 Å². The van der Waals surface area contributed by atoms with Crippen LogP contribution in [0.5, 0.6) is 0 Å². The van der Waals surface area contributed by atoms with Crippen LogP contribution in [0.3, 0.4) is 0 Å². The zero-order valence-electron chi connectivity index (χ0n) is 13.2. The first kappa shape index (κ1) is 17.3. The van der Waals surface area contributed by atoms with Gasteiger partial charge >= 0.3 is 6.18 Å². The molecule has 1 heterocycles. The van der Waals surface area contributed by atoms with E-state index in [1.807, 2.05) is 6.92 Å². The molecular weight excluding hydrogens is 291 g/mol. The van der Waals surface area contributed by atoms with Gasteiger partial charge in [0.2, 0.25) is 0 Å². The topological polar surface area (TPSA) is 12.5 Å². The summed E-state index contributed by atoms with van der Waals surface area (Å²) in [6, 6.07) is 6.38. The van der Waals surface area contributed by atoms with Gasteiger partial charge in [-0.15, -0.1) is 0 Å². The molecule has 0 saturated carbocycles. The lowest BCUT2D eigenvalue weighted by atomic mass is 9.94. The summed E-state index contributed by atoms with van der Waals surface area (Å²) in [6.45, 7) is 5.52. The van der Waals surface area contributed by atoms with Gasteiger partial charge in [-0.25, -0.2) is 0 Å². The molecule has 0 spiro atoms. The number of alkyl halides is 3. The van der Waals surface area contributed by atoms with Crippen molar-refractivity contribution in [3.63, 3.8) is 0 Å². The number of rotatable bonds is 5. The minimum absolute atomic E-state index is 0.0872. The molecule has 1 aromatic carbocycles. The van der Waals surface area contributed by atoms with Crippen LogP contribution in [-0.2, 0) is 10.3 Å². The zero-order valence-corrected chi connectivity index (χ0v) is 13.2. The van der Waals surface area contributed by atoms with Gasteiger partial charge in [0.05, 0.1) is 6.61 Å². The third-order valence-corrected chi connectivity index (χ3v) is 4.39. The SMILES string of the molecule is Cc1ccc(C(C)(OCCN2CCCCC2)C(F)(F)F)cc1. The van der Waals surface area contributed by atoms with Gasteiger partial charge in [0.1, 0.15) is 0 Å². The molecule has 22 heavy (non-hydrogen) atoms. The Morgan fingerprint density at radius 3 is 2.18 bits per heavy atom. The summed E-state index contributed by atoms with van der Waals surface area (Å²) in [6.07, 6.45) is -0.992. The molecule has 1 saturated heterocycles. The van der Waals surface area contributed by atoms with Gasteiger partial charge in [0, 0.05) is 6.54 Å². The van der Waals surface area contributed by atoms with E-state index in [2.05, 4.69) is 4.90 Å². The molecule has 0 aromatic heterocycles. The summed E-state index contributed by atoms with van der Waals surface area (Å²) in [5.41, 5.74) is -1.16. The van der Waals surface area contributed by atoms with E-state index in [9.17, 15) is 13.2 Å². The Balaban J connectivity index is 2.04. The fourth-order valence-corrected chi connectivity index (χ4v) is 2.76. The first-order valence-electron chi connectivity index (χ1n) is 7.83. The molecule has 5 heteroatoms. The highest BCUT2D eigenvalue weighted by molar-refractivity contribution is 5.27. The molecule has 0 aliphatic carbocycles. The number of halogens is 3. The van der Waals surface area contributed by atoms with Gasteiger partial charge in [-0.3, -0.25) is 0 Å². The Kier molecular flexibility index (Phi) is 5.50. The van der Waals surface area contributed by atoms with Crippen molar-refractivity contribution in [2.24, 2.45) is 0 Å². The molecule has 2 rings (SSSR count). The van der Waals surface area contributed by atoms with Crippen molar-refractivity contribution in [1.82, 2.24) is 4.90 Å². The largest absolute Gasteiger partial charge is 0.421 e. The molecule has 1 atom stereocenters. The normalized spacial score (nSPS) is 19.9. The highest BCUT2D eigenvalue weighted by atomic mass is 19.4. The summed E-state index contributed by atoms with van der Waals surface area (Å²) < 4.78 is 45.9. The van der Waals surface area contributed by atoms with Gasteiger partial charge < -0.3 is 9.64 Å². The fourth-order valence-electron chi connectivity index (χ4n) is 2.76. The quantitative estimate of drug-likeness (QED) is 0.804. The highest BCUT2D eigenvalue weighted by Gasteiger charge is 2.53. The second kappa shape index (κ2) is 7.01. The third-order valence-electron chi connectivity index (χ3n) is 4.39. The van der Waals surface area contributed by atoms with Crippen molar-refractivity contribution in [2.45, 2.75) is 44.9 Å². The molecule has 1 unspecified atom stereocenters. The maximum Gasteiger partial charge on any atom is 0.421 e. The van der Waals surface area contributed by atoms with Crippen LogP contribution in [0.1, 0.15) is 37.3 Å². The van der Waals surface area contributed by atoms with E-state index in [-0.39, 0.29) is 12.2 Å². The van der Waals surface area contributed by atoms with E-state index in [1.54, 1.807) is 12.1 Å². The smallest absolute Gasteiger partial charge is 0.360 e. The average Bonchev–Trinajstić information content (AvgIpc) is 2.47. The monoisotopic (exact) mass is 315 g/mol. The van der Waals surface area contributed by atoms with Gasteiger partial charge in [0.25, 0.3) is 0 Å². The van der Waals surface area contributed by atoms with E-state index in [0.29, 0.717) is 6.54 Å². The van der Waals surface area contributed by atoms with Crippen LogP contribution in [0.15, 0.2) is 24.3 Å². The number of hydrogen-bond acceptors (Lipinski definition) is 2. The summed E-state index contributed by atoms with van der Waals surface area (Å²) in [7, 11) is 0. The summed E-state index contributed by atoms with van der Waals surface area (Å²) in [5, 5.41) is 0. The number of ether oxygens (including phenoxy) is 1. The van der Waals surface area contributed by atoms with E-state index < -0.39 is 11.8 Å². The average molecular weight is 315 g/mol.